The maximum absolute atomic E-state index is 6.63. The standard InChI is InChI=1S/C46H41NO/c1-2-31-11-8-14-43-45(31)41-28-42(39-12-6-7-13-40(39)46(41)48-43)47(37-19-15-33(16-20-37)32-9-4-3-5-10-32)38-21-17-34(18-22-38)44-35-24-29-23-30(26-35)27-36(44)25-29/h3-22,28-30,35-36,44H,2,23-27H2,1H3. The molecule has 0 atom stereocenters. The van der Waals surface area contributed by atoms with Crippen LogP contribution < -0.4 is 4.90 Å². The Morgan fingerprint density at radius 1 is 0.583 bits per heavy atom. The van der Waals surface area contributed by atoms with Crippen molar-refractivity contribution in [1.29, 1.82) is 0 Å². The second-order valence-corrected chi connectivity index (χ2v) is 14.9. The zero-order valence-corrected chi connectivity index (χ0v) is 27.6. The van der Waals surface area contributed by atoms with Gasteiger partial charge in [0.15, 0.2) is 0 Å². The lowest BCUT2D eigenvalue weighted by molar-refractivity contribution is -0.00277. The van der Waals surface area contributed by atoms with Gasteiger partial charge in [-0.05, 0) is 127 Å². The predicted molar refractivity (Wildman–Crippen MR) is 201 cm³/mol. The molecule has 0 unspecified atom stereocenters. The van der Waals surface area contributed by atoms with Gasteiger partial charge < -0.3 is 9.32 Å². The lowest BCUT2D eigenvalue weighted by Crippen LogP contribution is -2.43. The van der Waals surface area contributed by atoms with Crippen molar-refractivity contribution in [1.82, 2.24) is 0 Å². The molecule has 4 saturated carbocycles. The van der Waals surface area contributed by atoms with Gasteiger partial charge in [0.2, 0.25) is 0 Å². The van der Waals surface area contributed by atoms with Gasteiger partial charge in [0.05, 0.1) is 5.69 Å². The van der Waals surface area contributed by atoms with Gasteiger partial charge >= 0.3 is 0 Å². The number of furan rings is 1. The minimum atomic E-state index is 0.729. The molecule has 4 fully saturated rings. The fourth-order valence-corrected chi connectivity index (χ4v) is 10.4. The molecular weight excluding hydrogens is 583 g/mol. The predicted octanol–water partition coefficient (Wildman–Crippen LogP) is 13.0. The molecule has 0 spiro atoms. The first kappa shape index (κ1) is 28.2. The lowest BCUT2D eigenvalue weighted by Gasteiger charge is -2.54. The summed E-state index contributed by atoms with van der Waals surface area (Å²) >= 11 is 0. The van der Waals surface area contributed by atoms with Crippen LogP contribution in [-0.2, 0) is 6.42 Å². The Kier molecular flexibility index (Phi) is 6.54. The first-order chi connectivity index (χ1) is 23.7. The van der Waals surface area contributed by atoms with Crippen LogP contribution in [0.1, 0.15) is 56.1 Å². The summed E-state index contributed by atoms with van der Waals surface area (Å²) in [5.41, 5.74) is 10.8. The molecule has 4 aliphatic carbocycles. The van der Waals surface area contributed by atoms with Gasteiger partial charge in [-0.25, -0.2) is 0 Å². The molecular formula is C46H41NO. The molecule has 11 rings (SSSR count). The Labute approximate surface area is 283 Å². The maximum Gasteiger partial charge on any atom is 0.143 e. The average molecular weight is 624 g/mol. The third kappa shape index (κ3) is 4.45. The number of benzene rings is 6. The lowest BCUT2D eigenvalue weighted by atomic mass is 9.51. The Hall–Kier alpha value is -4.82. The van der Waals surface area contributed by atoms with Crippen LogP contribution in [0.5, 0.6) is 0 Å². The fraction of sp³-hybridized carbons (Fsp3) is 0.261. The first-order valence-electron chi connectivity index (χ1n) is 18.1. The molecule has 6 aromatic carbocycles. The minimum Gasteiger partial charge on any atom is -0.455 e. The van der Waals surface area contributed by atoms with E-state index < -0.39 is 0 Å². The van der Waals surface area contributed by atoms with Gasteiger partial charge in [-0.15, -0.1) is 0 Å². The highest BCUT2D eigenvalue weighted by Gasteiger charge is 2.48. The summed E-state index contributed by atoms with van der Waals surface area (Å²) in [5.74, 6) is 4.47. The summed E-state index contributed by atoms with van der Waals surface area (Å²) in [7, 11) is 0. The van der Waals surface area contributed by atoms with E-state index in [-0.39, 0.29) is 0 Å². The zero-order valence-electron chi connectivity index (χ0n) is 27.6. The summed E-state index contributed by atoms with van der Waals surface area (Å²) in [6, 6.07) is 47.2. The summed E-state index contributed by atoms with van der Waals surface area (Å²) in [4.78, 5) is 2.48. The highest BCUT2D eigenvalue weighted by molar-refractivity contribution is 6.20. The maximum atomic E-state index is 6.63. The number of hydrogen-bond donors (Lipinski definition) is 0. The Morgan fingerprint density at radius 2 is 1.21 bits per heavy atom. The second kappa shape index (κ2) is 11.1. The molecule has 0 aliphatic heterocycles. The van der Waals surface area contributed by atoms with Crippen LogP contribution in [-0.4, -0.2) is 0 Å². The van der Waals surface area contributed by atoms with Crippen molar-refractivity contribution < 1.29 is 4.42 Å². The number of rotatable bonds is 6. The van der Waals surface area contributed by atoms with E-state index in [4.69, 9.17) is 4.42 Å². The third-order valence-electron chi connectivity index (χ3n) is 12.2. The zero-order chi connectivity index (χ0) is 31.8. The van der Waals surface area contributed by atoms with Crippen LogP contribution in [0, 0.1) is 23.7 Å². The summed E-state index contributed by atoms with van der Waals surface area (Å²) in [6.07, 6.45) is 8.26. The van der Waals surface area contributed by atoms with E-state index >= 15 is 0 Å². The van der Waals surface area contributed by atoms with E-state index in [1.807, 2.05) is 0 Å². The van der Waals surface area contributed by atoms with Crippen molar-refractivity contribution in [2.75, 3.05) is 4.90 Å². The van der Waals surface area contributed by atoms with Crippen molar-refractivity contribution in [3.63, 3.8) is 0 Å². The van der Waals surface area contributed by atoms with Crippen LogP contribution in [0.25, 0.3) is 43.8 Å². The summed E-state index contributed by atoms with van der Waals surface area (Å²) in [6.45, 7) is 2.24. The number of hydrogen-bond acceptors (Lipinski definition) is 2. The molecule has 0 amide bonds. The molecule has 0 radical (unpaired) electrons. The first-order valence-corrected chi connectivity index (χ1v) is 18.1. The number of aryl methyl sites for hydroxylation is 1. The van der Waals surface area contributed by atoms with Gasteiger partial charge in [0.25, 0.3) is 0 Å². The van der Waals surface area contributed by atoms with Crippen LogP contribution in [0.15, 0.2) is 132 Å². The fourth-order valence-electron chi connectivity index (χ4n) is 10.4. The monoisotopic (exact) mass is 623 g/mol. The van der Waals surface area contributed by atoms with Gasteiger partial charge in [-0.2, -0.15) is 0 Å². The molecule has 1 heterocycles. The van der Waals surface area contributed by atoms with E-state index in [2.05, 4.69) is 139 Å². The van der Waals surface area contributed by atoms with Crippen molar-refractivity contribution in [3.05, 3.63) is 139 Å². The van der Waals surface area contributed by atoms with Crippen LogP contribution in [0.4, 0.5) is 17.1 Å². The Morgan fingerprint density at radius 3 is 1.90 bits per heavy atom. The normalized spacial score (nSPS) is 23.0. The van der Waals surface area contributed by atoms with Gasteiger partial charge in [-0.1, -0.05) is 97.9 Å². The van der Waals surface area contributed by atoms with E-state index in [1.54, 1.807) is 5.56 Å². The van der Waals surface area contributed by atoms with Crippen molar-refractivity contribution in [3.8, 4) is 11.1 Å². The molecule has 4 bridgehead atoms. The molecule has 236 valence electrons. The average Bonchev–Trinajstić information content (AvgIpc) is 3.52. The third-order valence-corrected chi connectivity index (χ3v) is 12.2. The molecule has 2 heteroatoms. The minimum absolute atomic E-state index is 0.729. The summed E-state index contributed by atoms with van der Waals surface area (Å²) < 4.78 is 6.63. The molecule has 48 heavy (non-hydrogen) atoms. The molecule has 4 aliphatic rings. The molecule has 7 aromatic rings. The topological polar surface area (TPSA) is 16.4 Å². The van der Waals surface area contributed by atoms with E-state index in [0.717, 1.165) is 58.3 Å². The van der Waals surface area contributed by atoms with Crippen molar-refractivity contribution in [2.24, 2.45) is 23.7 Å². The van der Waals surface area contributed by atoms with Gasteiger partial charge in [-0.3, -0.25) is 0 Å². The highest BCUT2D eigenvalue weighted by Crippen LogP contribution is 2.60. The van der Waals surface area contributed by atoms with E-state index in [9.17, 15) is 0 Å². The van der Waals surface area contributed by atoms with Crippen LogP contribution >= 0.6 is 0 Å². The Bertz CT molecular complexity index is 2250. The molecule has 2 nitrogen and oxygen atoms in total. The SMILES string of the molecule is CCc1cccc2oc3c4ccccc4c(N(c4ccc(-c5ccccc5)cc4)c4ccc(C5C6CC7CC(C6)CC5C7)cc4)cc3c12. The smallest absolute Gasteiger partial charge is 0.143 e. The highest BCUT2D eigenvalue weighted by atomic mass is 16.3. The quantitative estimate of drug-likeness (QED) is 0.183. The summed E-state index contributed by atoms with van der Waals surface area (Å²) in [5, 5.41) is 4.77. The molecule has 0 N–H and O–H groups in total. The van der Waals surface area contributed by atoms with Crippen LogP contribution in [0.3, 0.4) is 0 Å². The number of fused-ring (bicyclic) bond motifs is 5. The van der Waals surface area contributed by atoms with Crippen molar-refractivity contribution in [2.45, 2.75) is 51.4 Å². The van der Waals surface area contributed by atoms with Crippen molar-refractivity contribution >= 4 is 49.8 Å². The molecule has 1 aromatic heterocycles. The molecule has 0 saturated heterocycles. The van der Waals surface area contributed by atoms with E-state index in [1.165, 1.54) is 76.3 Å². The Balaban J connectivity index is 1.15. The van der Waals surface area contributed by atoms with Gasteiger partial charge in [0.1, 0.15) is 11.2 Å². The number of anilines is 3. The second-order valence-electron chi connectivity index (χ2n) is 14.9. The largest absolute Gasteiger partial charge is 0.455 e. The number of nitrogens with zero attached hydrogens (tertiary/aromatic N) is 1. The van der Waals surface area contributed by atoms with Crippen LogP contribution in [0.2, 0.25) is 0 Å². The van der Waals surface area contributed by atoms with E-state index in [0.29, 0.717) is 0 Å². The van der Waals surface area contributed by atoms with Gasteiger partial charge in [0, 0.05) is 32.9 Å².